The summed E-state index contributed by atoms with van der Waals surface area (Å²) in [5, 5.41) is 3.40. The van der Waals surface area contributed by atoms with Crippen LogP contribution in [-0.4, -0.2) is 10.7 Å². The number of aromatic amines is 1. The predicted molar refractivity (Wildman–Crippen MR) is 136 cm³/mol. The molecule has 1 aromatic heterocycles. The molecular weight excluding hydrogens is 388 g/mol. The van der Waals surface area contributed by atoms with Gasteiger partial charge in [0.1, 0.15) is 0 Å². The number of benzene rings is 3. The third-order valence-electron chi connectivity index (χ3n) is 7.14. The summed E-state index contributed by atoms with van der Waals surface area (Å²) in [6.45, 7) is 11.2. The summed E-state index contributed by atoms with van der Waals surface area (Å²) in [6, 6.07) is 23.8. The topological polar surface area (TPSA) is 28.1 Å². The molecule has 6 rings (SSSR count). The average molecular weight is 415 g/mol. The molecule has 4 aromatic rings. The van der Waals surface area contributed by atoms with Crippen LogP contribution in [0.15, 0.2) is 77.8 Å². The number of H-pyrrole nitrogens is 1. The molecule has 1 N–H and O–H groups in total. The molecule has 0 spiro atoms. The van der Waals surface area contributed by atoms with Gasteiger partial charge in [0.05, 0.1) is 16.9 Å². The van der Waals surface area contributed by atoms with Crippen molar-refractivity contribution in [3.8, 4) is 0 Å². The Kier molecular flexibility index (Phi) is 3.98. The Bertz CT molecular complexity index is 1580. The van der Waals surface area contributed by atoms with E-state index in [0.29, 0.717) is 0 Å². The van der Waals surface area contributed by atoms with Gasteiger partial charge in [0.25, 0.3) is 0 Å². The van der Waals surface area contributed by atoms with Crippen LogP contribution in [0.2, 0.25) is 0 Å². The largest absolute Gasteiger partial charge is 0.353 e. The van der Waals surface area contributed by atoms with Gasteiger partial charge in [-0.2, -0.15) is 0 Å². The highest BCUT2D eigenvalue weighted by Gasteiger charge is 2.38. The first-order valence-electron chi connectivity index (χ1n) is 11.3. The zero-order valence-corrected chi connectivity index (χ0v) is 18.8. The van der Waals surface area contributed by atoms with Gasteiger partial charge in [0, 0.05) is 27.8 Å². The van der Waals surface area contributed by atoms with Crippen molar-refractivity contribution in [1.82, 2.24) is 4.98 Å². The lowest BCUT2D eigenvalue weighted by molar-refractivity contribution is 0.709. The third-order valence-corrected chi connectivity index (χ3v) is 7.14. The Labute approximate surface area is 188 Å². The lowest BCUT2D eigenvalue weighted by atomic mass is 9.81. The number of aliphatic imine (C=N–C) groups is 1. The second-order valence-electron chi connectivity index (χ2n) is 9.32. The molecule has 0 fully saturated rings. The fraction of sp³-hybridized carbons (Fsp3) is 0.167. The van der Waals surface area contributed by atoms with Crippen LogP contribution in [0.3, 0.4) is 0 Å². The SMILES string of the molecule is C=c1[nH]c2c3c(ccc2/c1=C1/C(=C\C)c2ccccc2C1(C)C)CC(c1ccccc1)=N3. The van der Waals surface area contributed by atoms with Gasteiger partial charge in [0.15, 0.2) is 0 Å². The molecule has 2 heterocycles. The van der Waals surface area contributed by atoms with E-state index in [1.807, 2.05) is 6.07 Å². The van der Waals surface area contributed by atoms with Gasteiger partial charge in [0.2, 0.25) is 0 Å². The Morgan fingerprint density at radius 1 is 0.969 bits per heavy atom. The van der Waals surface area contributed by atoms with Gasteiger partial charge >= 0.3 is 0 Å². The number of rotatable bonds is 1. The number of nitrogens with zero attached hydrogens (tertiary/aromatic N) is 1. The lowest BCUT2D eigenvalue weighted by Gasteiger charge is -2.22. The van der Waals surface area contributed by atoms with Gasteiger partial charge in [-0.05, 0) is 40.3 Å². The molecule has 2 nitrogen and oxygen atoms in total. The smallest absolute Gasteiger partial charge is 0.0910 e. The number of allylic oxidation sites excluding steroid dienone is 2. The van der Waals surface area contributed by atoms with Crippen LogP contribution in [0.4, 0.5) is 5.69 Å². The Morgan fingerprint density at radius 2 is 1.72 bits per heavy atom. The molecule has 0 atom stereocenters. The van der Waals surface area contributed by atoms with Crippen LogP contribution in [0.1, 0.15) is 43.0 Å². The standard InChI is InChI=1S/C30H26N2/c1-5-21-22-13-9-10-14-24(22)30(3,4)27(21)26-18(2)31-29-23(26)16-15-20-17-25(32-28(20)29)19-11-7-6-8-12-19/h5-16,31H,2,17H2,1,3-4H3/b21-5-,27-26-. The van der Waals surface area contributed by atoms with Gasteiger partial charge in [-0.25, -0.2) is 4.99 Å². The van der Waals surface area contributed by atoms with Crippen molar-refractivity contribution in [2.75, 3.05) is 0 Å². The summed E-state index contributed by atoms with van der Waals surface area (Å²) in [5.74, 6) is 0. The molecule has 0 unspecified atom stereocenters. The van der Waals surface area contributed by atoms with E-state index in [2.05, 4.69) is 99.1 Å². The number of fused-ring (bicyclic) bond motifs is 4. The highest BCUT2D eigenvalue weighted by Crippen LogP contribution is 2.50. The van der Waals surface area contributed by atoms with Crippen molar-refractivity contribution in [3.05, 3.63) is 106 Å². The Balaban J connectivity index is 1.66. The molecule has 0 bridgehead atoms. The Hall–Kier alpha value is -3.65. The van der Waals surface area contributed by atoms with Crippen molar-refractivity contribution in [1.29, 1.82) is 0 Å². The maximum atomic E-state index is 5.08. The quantitative estimate of drug-likeness (QED) is 0.408. The first-order chi connectivity index (χ1) is 15.5. The summed E-state index contributed by atoms with van der Waals surface area (Å²) in [6.07, 6.45) is 3.12. The molecular formula is C30H26N2. The minimum atomic E-state index is -0.0997. The fourth-order valence-electron chi connectivity index (χ4n) is 5.67. The van der Waals surface area contributed by atoms with E-state index >= 15 is 0 Å². The van der Waals surface area contributed by atoms with Crippen LogP contribution in [-0.2, 0) is 11.8 Å². The predicted octanol–water partition coefficient (Wildman–Crippen LogP) is 5.80. The lowest BCUT2D eigenvalue weighted by Crippen LogP contribution is -2.30. The molecule has 156 valence electrons. The van der Waals surface area contributed by atoms with Crippen LogP contribution in [0, 0.1) is 0 Å². The first-order valence-corrected chi connectivity index (χ1v) is 11.3. The second-order valence-corrected chi connectivity index (χ2v) is 9.32. The summed E-state index contributed by atoms with van der Waals surface area (Å²) >= 11 is 0. The number of hydrogen-bond acceptors (Lipinski definition) is 1. The number of nitrogens with one attached hydrogen (secondary N) is 1. The molecule has 2 heteroatoms. The highest BCUT2D eigenvalue weighted by molar-refractivity contribution is 6.12. The van der Waals surface area contributed by atoms with Crippen molar-refractivity contribution >= 4 is 40.0 Å². The van der Waals surface area contributed by atoms with Gasteiger partial charge in [-0.15, -0.1) is 0 Å². The summed E-state index contributed by atoms with van der Waals surface area (Å²) in [4.78, 5) is 8.70. The summed E-state index contributed by atoms with van der Waals surface area (Å²) < 4.78 is 0. The molecule has 1 aliphatic heterocycles. The zero-order chi connectivity index (χ0) is 22.0. The molecule has 0 amide bonds. The molecule has 2 aliphatic rings. The third kappa shape index (κ3) is 2.50. The van der Waals surface area contributed by atoms with Gasteiger partial charge in [-0.3, -0.25) is 0 Å². The minimum absolute atomic E-state index is 0.0997. The van der Waals surface area contributed by atoms with E-state index in [0.717, 1.165) is 28.7 Å². The normalized spacial score (nSPS) is 19.3. The minimum Gasteiger partial charge on any atom is -0.353 e. The molecule has 0 saturated carbocycles. The van der Waals surface area contributed by atoms with Crippen molar-refractivity contribution in [2.45, 2.75) is 32.6 Å². The van der Waals surface area contributed by atoms with Crippen LogP contribution in [0.5, 0.6) is 0 Å². The monoisotopic (exact) mass is 414 g/mol. The maximum absolute atomic E-state index is 5.08. The van der Waals surface area contributed by atoms with Crippen molar-refractivity contribution in [2.24, 2.45) is 4.99 Å². The van der Waals surface area contributed by atoms with Crippen LogP contribution >= 0.6 is 0 Å². The van der Waals surface area contributed by atoms with Gasteiger partial charge in [-0.1, -0.05) is 93.2 Å². The van der Waals surface area contributed by atoms with E-state index in [-0.39, 0.29) is 5.41 Å². The first kappa shape index (κ1) is 19.1. The van der Waals surface area contributed by atoms with E-state index in [4.69, 9.17) is 4.99 Å². The number of aromatic nitrogens is 1. The average Bonchev–Trinajstić information content (AvgIpc) is 3.44. The maximum Gasteiger partial charge on any atom is 0.0910 e. The van der Waals surface area contributed by atoms with Crippen LogP contribution in [0.25, 0.3) is 28.6 Å². The van der Waals surface area contributed by atoms with Gasteiger partial charge < -0.3 is 4.98 Å². The van der Waals surface area contributed by atoms with E-state index in [1.54, 1.807) is 0 Å². The zero-order valence-electron chi connectivity index (χ0n) is 18.8. The molecule has 32 heavy (non-hydrogen) atoms. The van der Waals surface area contributed by atoms with Crippen molar-refractivity contribution in [3.63, 3.8) is 0 Å². The molecule has 3 aromatic carbocycles. The summed E-state index contributed by atoms with van der Waals surface area (Å²) in [7, 11) is 0. The number of hydrogen-bond donors (Lipinski definition) is 1. The van der Waals surface area contributed by atoms with E-state index < -0.39 is 0 Å². The molecule has 0 saturated heterocycles. The fourth-order valence-corrected chi connectivity index (χ4v) is 5.67. The van der Waals surface area contributed by atoms with Crippen molar-refractivity contribution < 1.29 is 0 Å². The molecule has 0 radical (unpaired) electrons. The van der Waals surface area contributed by atoms with E-state index in [9.17, 15) is 0 Å². The molecule has 1 aliphatic carbocycles. The summed E-state index contributed by atoms with van der Waals surface area (Å²) in [5.41, 5.74) is 11.0. The second kappa shape index (κ2) is 6.67. The van der Waals surface area contributed by atoms with E-state index in [1.165, 1.54) is 44.0 Å². The Morgan fingerprint density at radius 3 is 2.50 bits per heavy atom. The highest BCUT2D eigenvalue weighted by atomic mass is 14.8. The van der Waals surface area contributed by atoms with Crippen LogP contribution < -0.4 is 10.6 Å².